The first-order valence-corrected chi connectivity index (χ1v) is 12.8. The molecule has 1 aromatic rings. The van der Waals surface area contributed by atoms with Crippen LogP contribution in [0.1, 0.15) is 0 Å². The van der Waals surface area contributed by atoms with Gasteiger partial charge in [-0.25, -0.2) is 33.7 Å². The van der Waals surface area contributed by atoms with Crippen molar-refractivity contribution in [2.24, 2.45) is 0 Å². The maximum atomic E-state index is 11.4. The molecule has 0 atom stereocenters. The van der Waals surface area contributed by atoms with Gasteiger partial charge in [-0.3, -0.25) is 4.98 Å². The summed E-state index contributed by atoms with van der Waals surface area (Å²) in [5, 5.41) is 0. The van der Waals surface area contributed by atoms with Gasteiger partial charge in [-0.15, -0.1) is 0 Å². The van der Waals surface area contributed by atoms with Crippen molar-refractivity contribution >= 4 is 40.1 Å². The maximum absolute atomic E-state index is 11.4. The Morgan fingerprint density at radius 3 is 0.703 bits per heavy atom. The second-order valence-corrected chi connectivity index (χ2v) is 11.7. The Bertz CT molecular complexity index is 1080. The predicted molar refractivity (Wildman–Crippen MR) is 90.9 cm³/mol. The quantitative estimate of drug-likeness (QED) is 0.337. The number of halogens is 12. The molecule has 1 radical (unpaired) electrons. The molecule has 223 valence electrons. The number of aromatic nitrogens is 1. The second-order valence-electron chi connectivity index (χ2n) is 4.86. The first kappa shape index (κ1) is 40.1. The Kier molecular flexibility index (Phi) is 14.1. The Morgan fingerprint density at radius 1 is 0.432 bits per heavy atom. The molecular formula is C9H5CuF12N3O8S4. The zero-order chi connectivity index (χ0) is 29.7. The average Bonchev–Trinajstić information content (AvgIpc) is 2.58. The minimum absolute atomic E-state index is 0. The maximum Gasteiger partial charge on any atom is 2.00 e. The Balaban J connectivity index is -0.000000499. The van der Waals surface area contributed by atoms with Gasteiger partial charge in [-0.2, -0.15) is 52.7 Å². The molecule has 37 heavy (non-hydrogen) atoms. The first-order chi connectivity index (χ1) is 15.4. The molecule has 28 heteroatoms. The molecule has 0 amide bonds. The summed E-state index contributed by atoms with van der Waals surface area (Å²) in [6.45, 7) is 0. The molecule has 0 aliphatic heterocycles. The smallest absolute Gasteiger partial charge is 0.421 e. The molecule has 0 aliphatic rings. The van der Waals surface area contributed by atoms with E-state index in [0.717, 1.165) is 8.25 Å². The number of sulfonamides is 4. The summed E-state index contributed by atoms with van der Waals surface area (Å²) in [5.41, 5.74) is -24.8. The van der Waals surface area contributed by atoms with E-state index < -0.39 is 62.1 Å². The van der Waals surface area contributed by atoms with Crippen LogP contribution in [-0.4, -0.2) is 60.7 Å². The second kappa shape index (κ2) is 13.1. The molecule has 0 fully saturated rings. The summed E-state index contributed by atoms with van der Waals surface area (Å²) >= 11 is 0. The van der Waals surface area contributed by atoms with Gasteiger partial charge in [0.15, 0.2) is 40.1 Å². The van der Waals surface area contributed by atoms with Crippen LogP contribution in [0.2, 0.25) is 0 Å². The molecule has 1 rings (SSSR count). The monoisotopic (exact) mass is 702 g/mol. The van der Waals surface area contributed by atoms with Crippen LogP contribution in [-0.2, 0) is 57.2 Å². The van der Waals surface area contributed by atoms with E-state index in [9.17, 15) is 86.4 Å². The van der Waals surface area contributed by atoms with Gasteiger partial charge in [0.2, 0.25) is 0 Å². The van der Waals surface area contributed by atoms with Gasteiger partial charge in [0, 0.05) is 12.4 Å². The minimum atomic E-state index is -6.72. The van der Waals surface area contributed by atoms with Crippen molar-refractivity contribution in [1.82, 2.24) is 4.98 Å². The van der Waals surface area contributed by atoms with E-state index in [1.165, 1.54) is 0 Å². The Hall–Kier alpha value is -1.45. The Labute approximate surface area is 209 Å². The molecule has 0 N–H and O–H groups in total. The van der Waals surface area contributed by atoms with Gasteiger partial charge in [0.1, 0.15) is 0 Å². The molecule has 0 saturated carbocycles. The van der Waals surface area contributed by atoms with Crippen molar-refractivity contribution in [2.45, 2.75) is 22.0 Å². The molecule has 0 spiro atoms. The molecular weight excluding hydrogens is 698 g/mol. The van der Waals surface area contributed by atoms with Crippen LogP contribution in [0.5, 0.6) is 0 Å². The molecule has 0 saturated heterocycles. The third kappa shape index (κ3) is 13.3. The predicted octanol–water partition coefficient (Wildman–Crippen LogP) is 3.20. The van der Waals surface area contributed by atoms with Crippen LogP contribution < -0.4 is 0 Å². The summed E-state index contributed by atoms with van der Waals surface area (Å²) in [6.07, 6.45) is 3.50. The number of nitrogens with zero attached hydrogens (tertiary/aromatic N) is 3. The minimum Gasteiger partial charge on any atom is -0.421 e. The summed E-state index contributed by atoms with van der Waals surface area (Å²) < 4.78 is 218. The zero-order valence-electron chi connectivity index (χ0n) is 16.0. The molecule has 0 aromatic carbocycles. The van der Waals surface area contributed by atoms with Gasteiger partial charge in [-0.05, 0) is 12.1 Å². The van der Waals surface area contributed by atoms with Gasteiger partial charge < -0.3 is 8.25 Å². The number of alkyl halides is 12. The fourth-order valence-corrected chi connectivity index (χ4v) is 4.16. The number of hydrogen-bond acceptors (Lipinski definition) is 9. The fourth-order valence-electron chi connectivity index (χ4n) is 0.740. The summed E-state index contributed by atoms with van der Waals surface area (Å²) in [7, 11) is -26.9. The van der Waals surface area contributed by atoms with Crippen LogP contribution in [0.25, 0.3) is 8.25 Å². The van der Waals surface area contributed by atoms with Crippen LogP contribution in [0, 0.1) is 0 Å². The van der Waals surface area contributed by atoms with Crippen LogP contribution >= 0.6 is 0 Å². The normalized spacial score (nSPS) is 13.7. The topological polar surface area (TPSA) is 178 Å². The SMILES string of the molecule is O=S(=O)([N-]S(=O)(=O)C(F)(F)F)C(F)(F)F.O=S(=O)([N-]S(=O)(=O)C(F)(F)F)C(F)(F)F.[Cu+2].c1ccncc1. The van der Waals surface area contributed by atoms with Crippen molar-refractivity contribution in [3.05, 3.63) is 38.8 Å². The van der Waals surface area contributed by atoms with Crippen molar-refractivity contribution in [2.75, 3.05) is 0 Å². The third-order valence-electron chi connectivity index (χ3n) is 2.13. The van der Waals surface area contributed by atoms with Gasteiger partial charge in [0.05, 0.1) is 0 Å². The summed E-state index contributed by atoms with van der Waals surface area (Å²) in [5.74, 6) is 0. The molecule has 1 heterocycles. The molecule has 0 aliphatic carbocycles. The average molecular weight is 703 g/mol. The van der Waals surface area contributed by atoms with Gasteiger partial charge >= 0.3 is 39.1 Å². The van der Waals surface area contributed by atoms with Gasteiger partial charge in [-0.1, -0.05) is 6.07 Å². The van der Waals surface area contributed by atoms with Crippen molar-refractivity contribution in [3.8, 4) is 0 Å². The van der Waals surface area contributed by atoms with Crippen molar-refractivity contribution in [3.63, 3.8) is 0 Å². The Morgan fingerprint density at radius 2 is 0.622 bits per heavy atom. The molecule has 11 nitrogen and oxygen atoms in total. The van der Waals surface area contributed by atoms with E-state index in [4.69, 9.17) is 0 Å². The standard InChI is InChI=1S/C5H5N.2C2F6NO4S2.Cu/c1-2-4-6-5-3-1;2*3-1(4,5)14(10,11)9-15(12,13)2(6,7)8;/h1-5H;;;/q;2*-1;+2. The van der Waals surface area contributed by atoms with E-state index in [1.54, 1.807) is 12.4 Å². The van der Waals surface area contributed by atoms with Crippen LogP contribution in [0.4, 0.5) is 52.7 Å². The summed E-state index contributed by atoms with van der Waals surface area (Å²) in [4.78, 5) is 3.78. The number of hydrogen-bond donors (Lipinski definition) is 0. The number of rotatable bonds is 4. The van der Waals surface area contributed by atoms with E-state index in [1.807, 2.05) is 18.2 Å². The zero-order valence-corrected chi connectivity index (χ0v) is 20.2. The fraction of sp³-hybridized carbons (Fsp3) is 0.444. The van der Waals surface area contributed by atoms with Crippen molar-refractivity contribution < 1.29 is 103 Å². The number of pyridine rings is 1. The van der Waals surface area contributed by atoms with E-state index >= 15 is 0 Å². The van der Waals surface area contributed by atoms with Crippen LogP contribution in [0.15, 0.2) is 30.6 Å². The largest absolute Gasteiger partial charge is 2.00 e. The first-order valence-electron chi connectivity index (χ1n) is 7.00. The molecule has 1 aromatic heterocycles. The van der Waals surface area contributed by atoms with E-state index in [2.05, 4.69) is 4.98 Å². The van der Waals surface area contributed by atoms with Crippen LogP contribution in [0.3, 0.4) is 0 Å². The molecule has 0 bridgehead atoms. The summed E-state index contributed by atoms with van der Waals surface area (Å²) in [6, 6.07) is 5.72. The van der Waals surface area contributed by atoms with Crippen molar-refractivity contribution in [1.29, 1.82) is 0 Å². The van der Waals surface area contributed by atoms with E-state index in [0.29, 0.717) is 0 Å². The van der Waals surface area contributed by atoms with E-state index in [-0.39, 0.29) is 17.1 Å². The third-order valence-corrected chi connectivity index (χ3v) is 7.61. The molecule has 0 unspecified atom stereocenters. The van der Waals surface area contributed by atoms with Gasteiger partial charge in [0.25, 0.3) is 0 Å².